The van der Waals surface area contributed by atoms with E-state index in [0.717, 1.165) is 0 Å². The highest BCUT2D eigenvalue weighted by Gasteiger charge is 2.56. The van der Waals surface area contributed by atoms with Gasteiger partial charge in [0, 0.05) is 56.4 Å². The second kappa shape index (κ2) is 9.45. The molecule has 3 saturated carbocycles. The molecule has 9 nitrogen and oxygen atoms in total. The van der Waals surface area contributed by atoms with Crippen molar-refractivity contribution < 1.29 is 31.9 Å². The fraction of sp³-hybridized carbons (Fsp3) is 0.571. The first kappa shape index (κ1) is 27.5. The molecule has 1 aliphatic heterocycles. The molecular weight excluding hydrogens is 544 g/mol. The van der Waals surface area contributed by atoms with E-state index in [0.29, 0.717) is 35.6 Å². The molecule has 1 spiro atoms. The number of nitrogens with one attached hydrogen (secondary N) is 1. The largest absolute Gasteiger partial charge is 0.494 e. The number of anilines is 4. The van der Waals surface area contributed by atoms with Crippen molar-refractivity contribution in [2.75, 3.05) is 35.8 Å². The number of fused-ring (bicyclic) bond motifs is 1. The van der Waals surface area contributed by atoms with Crippen molar-refractivity contribution in [2.24, 2.45) is 11.1 Å². The summed E-state index contributed by atoms with van der Waals surface area (Å²) in [6.07, 6.45) is 1.94. The van der Waals surface area contributed by atoms with Crippen LogP contribution in [0.25, 0.3) is 0 Å². The summed E-state index contributed by atoms with van der Waals surface area (Å²) in [5.74, 6) is -6.50. The highest BCUT2D eigenvalue weighted by Crippen LogP contribution is 2.54. The zero-order valence-electron chi connectivity index (χ0n) is 22.9. The molecule has 220 valence electrons. The minimum atomic E-state index is -2.86. The summed E-state index contributed by atoms with van der Waals surface area (Å²) >= 11 is 0. The van der Waals surface area contributed by atoms with Crippen LogP contribution in [0, 0.1) is 5.41 Å². The number of rotatable bonds is 6. The van der Waals surface area contributed by atoms with E-state index < -0.39 is 41.5 Å². The Morgan fingerprint density at radius 2 is 1.80 bits per heavy atom. The highest BCUT2D eigenvalue weighted by atomic mass is 19.3. The van der Waals surface area contributed by atoms with Gasteiger partial charge in [-0.25, -0.2) is 22.5 Å². The number of halogens is 4. The van der Waals surface area contributed by atoms with Crippen LogP contribution in [0.2, 0.25) is 0 Å². The van der Waals surface area contributed by atoms with Gasteiger partial charge in [-0.15, -0.1) is 0 Å². The molecule has 2 atom stereocenters. The molecule has 1 aromatic heterocycles. The van der Waals surface area contributed by atoms with E-state index >= 15 is 0 Å². The second-order valence-corrected chi connectivity index (χ2v) is 11.8. The van der Waals surface area contributed by atoms with Gasteiger partial charge >= 0.3 is 0 Å². The molecule has 1 aromatic carbocycles. The molecule has 4 aliphatic rings. The van der Waals surface area contributed by atoms with Crippen molar-refractivity contribution in [3.05, 3.63) is 29.5 Å². The number of ether oxygens (including phenoxy) is 1. The predicted molar refractivity (Wildman–Crippen MR) is 143 cm³/mol. The Morgan fingerprint density at radius 3 is 2.39 bits per heavy atom. The maximum absolute atomic E-state index is 14.3. The third kappa shape index (κ3) is 4.82. The molecule has 13 heteroatoms. The van der Waals surface area contributed by atoms with Gasteiger partial charge in [-0.1, -0.05) is 0 Å². The summed E-state index contributed by atoms with van der Waals surface area (Å²) in [7, 11) is 3.01. The zero-order valence-corrected chi connectivity index (χ0v) is 22.9. The Bertz CT molecular complexity index is 1420. The van der Waals surface area contributed by atoms with Crippen molar-refractivity contribution >= 4 is 35.0 Å². The van der Waals surface area contributed by atoms with Crippen LogP contribution in [0.5, 0.6) is 5.75 Å². The molecule has 0 unspecified atom stereocenters. The average molecular weight is 577 g/mol. The minimum absolute atomic E-state index is 0.0861. The summed E-state index contributed by atoms with van der Waals surface area (Å²) in [5, 5.41) is 3.07. The second-order valence-electron chi connectivity index (χ2n) is 11.8. The van der Waals surface area contributed by atoms with Gasteiger partial charge < -0.3 is 25.6 Å². The van der Waals surface area contributed by atoms with Crippen molar-refractivity contribution in [3.8, 4) is 5.75 Å². The number of methoxy groups -OCH3 is 1. The molecule has 2 aromatic rings. The minimum Gasteiger partial charge on any atom is -0.494 e. The third-order valence-corrected chi connectivity index (χ3v) is 9.01. The SMILES string of the molecule is COc1c(Nc2ncc3c(n2)N([C@@H]2CCC(F)(F)C2)CC2(CC2)C(=O)N3C)ccc(C(N)=O)c1[C@@H]1CCC(F)(F)C1. The molecule has 41 heavy (non-hydrogen) atoms. The number of nitrogens with two attached hydrogens (primary N) is 1. The molecule has 0 bridgehead atoms. The molecule has 2 amide bonds. The lowest BCUT2D eigenvalue weighted by Gasteiger charge is -2.31. The van der Waals surface area contributed by atoms with E-state index in [1.54, 1.807) is 7.05 Å². The Kier molecular flexibility index (Phi) is 6.34. The molecule has 3 fully saturated rings. The fourth-order valence-electron chi connectivity index (χ4n) is 6.68. The van der Waals surface area contributed by atoms with Crippen LogP contribution in [-0.2, 0) is 4.79 Å². The number of carbonyl (C=O) groups is 2. The average Bonchev–Trinajstić information content (AvgIpc) is 3.51. The Hall–Kier alpha value is -3.64. The Morgan fingerprint density at radius 1 is 1.10 bits per heavy atom. The number of carbonyl (C=O) groups excluding carboxylic acids is 2. The van der Waals surface area contributed by atoms with Gasteiger partial charge in [0.05, 0.1) is 24.4 Å². The molecule has 2 heterocycles. The molecule has 0 saturated heterocycles. The number of amides is 2. The van der Waals surface area contributed by atoms with Gasteiger partial charge in [-0.3, -0.25) is 9.59 Å². The van der Waals surface area contributed by atoms with E-state index in [2.05, 4.69) is 10.3 Å². The summed E-state index contributed by atoms with van der Waals surface area (Å²) < 4.78 is 62.5. The summed E-state index contributed by atoms with van der Waals surface area (Å²) in [4.78, 5) is 38.0. The number of hydrogen-bond acceptors (Lipinski definition) is 7. The first-order chi connectivity index (χ1) is 19.3. The van der Waals surface area contributed by atoms with Crippen molar-refractivity contribution in [1.82, 2.24) is 9.97 Å². The maximum Gasteiger partial charge on any atom is 0.250 e. The van der Waals surface area contributed by atoms with Gasteiger partial charge in [0.2, 0.25) is 29.6 Å². The quantitative estimate of drug-likeness (QED) is 0.467. The van der Waals surface area contributed by atoms with Crippen LogP contribution >= 0.6 is 0 Å². The monoisotopic (exact) mass is 576 g/mol. The van der Waals surface area contributed by atoms with Crippen LogP contribution in [0.4, 0.5) is 40.7 Å². The fourth-order valence-corrected chi connectivity index (χ4v) is 6.68. The first-order valence-electron chi connectivity index (χ1n) is 13.8. The van der Waals surface area contributed by atoms with E-state index in [-0.39, 0.29) is 61.8 Å². The Balaban J connectivity index is 1.40. The van der Waals surface area contributed by atoms with Crippen LogP contribution in [0.1, 0.15) is 73.2 Å². The van der Waals surface area contributed by atoms with Crippen molar-refractivity contribution in [2.45, 2.75) is 75.2 Å². The van der Waals surface area contributed by atoms with Crippen LogP contribution in [-0.4, -0.2) is 60.4 Å². The van der Waals surface area contributed by atoms with Crippen molar-refractivity contribution in [3.63, 3.8) is 0 Å². The van der Waals surface area contributed by atoms with E-state index in [9.17, 15) is 27.2 Å². The van der Waals surface area contributed by atoms with Crippen LogP contribution in [0.15, 0.2) is 18.3 Å². The number of primary amides is 1. The third-order valence-electron chi connectivity index (χ3n) is 9.01. The molecular formula is C28H32F4N6O3. The smallest absolute Gasteiger partial charge is 0.250 e. The normalized spacial score (nSPS) is 25.7. The maximum atomic E-state index is 14.3. The molecule has 3 N–H and O–H groups in total. The van der Waals surface area contributed by atoms with E-state index in [1.165, 1.54) is 30.3 Å². The Labute approximate surface area is 234 Å². The first-order valence-corrected chi connectivity index (χ1v) is 13.8. The number of hydrogen-bond donors (Lipinski definition) is 2. The lowest BCUT2D eigenvalue weighted by molar-refractivity contribution is -0.122. The zero-order chi connectivity index (χ0) is 29.3. The topological polar surface area (TPSA) is 114 Å². The summed E-state index contributed by atoms with van der Waals surface area (Å²) in [5.41, 5.74) is 6.11. The lowest BCUT2D eigenvalue weighted by Crippen LogP contribution is -2.41. The number of benzene rings is 1. The lowest BCUT2D eigenvalue weighted by atomic mass is 9.90. The van der Waals surface area contributed by atoms with Gasteiger partial charge in [0.1, 0.15) is 11.4 Å². The summed E-state index contributed by atoms with van der Waals surface area (Å²) in [6.45, 7) is 0.289. The van der Waals surface area contributed by atoms with Gasteiger partial charge in [-0.2, -0.15) is 4.98 Å². The standard InChI is InChI=1S/C28H32F4N6O3/c1-37-19-13-34-25(36-23(19)38(14-26(9-10-26)24(37)40)16-6-8-28(31,32)12-16)35-18-4-3-17(22(33)39)20(21(18)41-2)15-5-7-27(29,30)11-15/h3-4,13,15-16H,5-12,14H2,1-2H3,(H2,33,39)(H,34,35,36)/t15-,16-/m1/s1. The molecule has 0 radical (unpaired) electrons. The van der Waals surface area contributed by atoms with Gasteiger partial charge in [-0.05, 0) is 43.7 Å². The van der Waals surface area contributed by atoms with Crippen LogP contribution < -0.4 is 25.6 Å². The van der Waals surface area contributed by atoms with E-state index in [4.69, 9.17) is 15.5 Å². The van der Waals surface area contributed by atoms with Crippen molar-refractivity contribution in [1.29, 1.82) is 0 Å². The van der Waals surface area contributed by atoms with Crippen LogP contribution in [0.3, 0.4) is 0 Å². The highest BCUT2D eigenvalue weighted by molar-refractivity contribution is 6.03. The number of alkyl halides is 4. The van der Waals surface area contributed by atoms with Gasteiger partial charge in [0.25, 0.3) is 0 Å². The summed E-state index contributed by atoms with van der Waals surface area (Å²) in [6, 6.07) is 2.50. The van der Waals surface area contributed by atoms with Gasteiger partial charge in [0.15, 0.2) is 5.82 Å². The molecule has 6 rings (SSSR count). The number of nitrogens with zero attached hydrogens (tertiary/aromatic N) is 4. The number of aromatic nitrogens is 2. The predicted octanol–water partition coefficient (Wildman–Crippen LogP) is 4.98. The molecule has 3 aliphatic carbocycles. The van der Waals surface area contributed by atoms with E-state index in [1.807, 2.05) is 4.90 Å².